The highest BCUT2D eigenvalue weighted by molar-refractivity contribution is 5.74. The quantitative estimate of drug-likeness (QED) is 0.564. The van der Waals surface area contributed by atoms with E-state index < -0.39 is 0 Å². The minimum atomic E-state index is -0.0993. The van der Waals surface area contributed by atoms with Gasteiger partial charge in [-0.1, -0.05) is 6.92 Å². The topological polar surface area (TPSA) is 67.2 Å². The van der Waals surface area contributed by atoms with Gasteiger partial charge in [-0.2, -0.15) is 0 Å². The molecule has 72 valence electrons. The van der Waals surface area contributed by atoms with Crippen LogP contribution in [0, 0.1) is 0 Å². The SMILES string of the molecule is CCNC(=O)NC(CC)CCN. The average molecular weight is 173 g/mol. The molecule has 0 aromatic rings. The number of nitrogens with one attached hydrogen (secondary N) is 2. The number of carbonyl (C=O) groups excluding carboxylic acids is 1. The van der Waals surface area contributed by atoms with Crippen LogP contribution in [0.3, 0.4) is 0 Å². The monoisotopic (exact) mass is 173 g/mol. The maximum atomic E-state index is 11.0. The molecule has 0 aliphatic heterocycles. The summed E-state index contributed by atoms with van der Waals surface area (Å²) < 4.78 is 0. The van der Waals surface area contributed by atoms with Gasteiger partial charge in [0.15, 0.2) is 0 Å². The van der Waals surface area contributed by atoms with Gasteiger partial charge in [0.1, 0.15) is 0 Å². The van der Waals surface area contributed by atoms with Crippen molar-refractivity contribution in [3.05, 3.63) is 0 Å². The van der Waals surface area contributed by atoms with Gasteiger partial charge in [-0.3, -0.25) is 0 Å². The minimum absolute atomic E-state index is 0.0993. The fraction of sp³-hybridized carbons (Fsp3) is 0.875. The maximum absolute atomic E-state index is 11.0. The largest absolute Gasteiger partial charge is 0.338 e. The van der Waals surface area contributed by atoms with Crippen molar-refractivity contribution in [3.8, 4) is 0 Å². The van der Waals surface area contributed by atoms with Crippen LogP contribution in [0.2, 0.25) is 0 Å². The summed E-state index contributed by atoms with van der Waals surface area (Å²) in [6, 6.07) is 0.111. The molecule has 1 atom stereocenters. The van der Waals surface area contributed by atoms with E-state index in [0.717, 1.165) is 12.8 Å². The standard InChI is InChI=1S/C8H19N3O/c1-3-7(5-6-9)11-8(12)10-4-2/h7H,3-6,9H2,1-2H3,(H2,10,11,12). The van der Waals surface area contributed by atoms with Gasteiger partial charge in [0.05, 0.1) is 0 Å². The van der Waals surface area contributed by atoms with E-state index >= 15 is 0 Å². The summed E-state index contributed by atoms with van der Waals surface area (Å²) in [5.41, 5.74) is 5.38. The molecular weight excluding hydrogens is 154 g/mol. The van der Waals surface area contributed by atoms with E-state index in [0.29, 0.717) is 13.1 Å². The van der Waals surface area contributed by atoms with E-state index in [1.54, 1.807) is 0 Å². The number of amides is 2. The molecule has 0 aromatic heterocycles. The van der Waals surface area contributed by atoms with E-state index in [2.05, 4.69) is 10.6 Å². The lowest BCUT2D eigenvalue weighted by Crippen LogP contribution is -2.42. The molecule has 0 saturated heterocycles. The Morgan fingerprint density at radius 2 is 2.17 bits per heavy atom. The Labute approximate surface area is 73.9 Å². The second-order valence-corrected chi connectivity index (χ2v) is 2.69. The zero-order valence-electron chi connectivity index (χ0n) is 7.89. The predicted octanol–water partition coefficient (Wildman–Crippen LogP) is 0.433. The Hall–Kier alpha value is -0.770. The molecule has 0 heterocycles. The van der Waals surface area contributed by atoms with Gasteiger partial charge in [0.2, 0.25) is 0 Å². The van der Waals surface area contributed by atoms with Crippen molar-refractivity contribution in [1.29, 1.82) is 0 Å². The molecule has 4 nitrogen and oxygen atoms in total. The summed E-state index contributed by atoms with van der Waals surface area (Å²) in [5, 5.41) is 5.52. The van der Waals surface area contributed by atoms with Crippen LogP contribution in [0.5, 0.6) is 0 Å². The molecule has 0 rings (SSSR count). The van der Waals surface area contributed by atoms with Crippen LogP contribution in [-0.4, -0.2) is 25.2 Å². The second-order valence-electron chi connectivity index (χ2n) is 2.69. The van der Waals surface area contributed by atoms with Crippen LogP contribution in [0.15, 0.2) is 0 Å². The molecule has 0 aliphatic carbocycles. The molecule has 1 unspecified atom stereocenters. The molecule has 4 heteroatoms. The number of carbonyl (C=O) groups is 1. The lowest BCUT2D eigenvalue weighted by atomic mass is 10.1. The summed E-state index contributed by atoms with van der Waals surface area (Å²) in [7, 11) is 0. The molecule has 0 saturated carbocycles. The first-order valence-corrected chi connectivity index (χ1v) is 4.49. The summed E-state index contributed by atoms with van der Waals surface area (Å²) in [6.45, 7) is 5.20. The molecule has 0 aliphatic rings. The van der Waals surface area contributed by atoms with Gasteiger partial charge in [-0.15, -0.1) is 0 Å². The summed E-state index contributed by atoms with van der Waals surface area (Å²) in [5.74, 6) is 0. The van der Waals surface area contributed by atoms with Gasteiger partial charge in [-0.25, -0.2) is 4.79 Å². The van der Waals surface area contributed by atoms with E-state index in [1.165, 1.54) is 0 Å². The highest BCUT2D eigenvalue weighted by Gasteiger charge is 2.07. The van der Waals surface area contributed by atoms with Crippen molar-refractivity contribution < 1.29 is 4.79 Å². The van der Waals surface area contributed by atoms with Crippen LogP contribution in [0.4, 0.5) is 4.79 Å². The normalized spacial score (nSPS) is 12.2. The van der Waals surface area contributed by atoms with E-state index in [-0.39, 0.29) is 12.1 Å². The third kappa shape index (κ3) is 4.96. The summed E-state index contributed by atoms with van der Waals surface area (Å²) in [6.07, 6.45) is 1.77. The average Bonchev–Trinajstić information content (AvgIpc) is 2.04. The maximum Gasteiger partial charge on any atom is 0.314 e. The number of hydrogen-bond donors (Lipinski definition) is 3. The number of urea groups is 1. The van der Waals surface area contributed by atoms with Crippen molar-refractivity contribution in [2.75, 3.05) is 13.1 Å². The smallest absolute Gasteiger partial charge is 0.314 e. The third-order valence-corrected chi connectivity index (χ3v) is 1.68. The molecule has 12 heavy (non-hydrogen) atoms. The first-order chi connectivity index (χ1) is 5.74. The van der Waals surface area contributed by atoms with Gasteiger partial charge in [0.25, 0.3) is 0 Å². The first kappa shape index (κ1) is 11.2. The Balaban J connectivity index is 3.61. The number of nitrogens with two attached hydrogens (primary N) is 1. The van der Waals surface area contributed by atoms with Gasteiger partial charge < -0.3 is 16.4 Å². The molecular formula is C8H19N3O. The Kier molecular flexibility index (Phi) is 6.47. The number of rotatable bonds is 5. The summed E-state index contributed by atoms with van der Waals surface area (Å²) in [4.78, 5) is 11.0. The van der Waals surface area contributed by atoms with Gasteiger partial charge in [-0.05, 0) is 26.3 Å². The number of hydrogen-bond acceptors (Lipinski definition) is 2. The third-order valence-electron chi connectivity index (χ3n) is 1.68. The molecule has 2 amide bonds. The van der Waals surface area contributed by atoms with Gasteiger partial charge in [0, 0.05) is 12.6 Å². The van der Waals surface area contributed by atoms with Crippen molar-refractivity contribution in [3.63, 3.8) is 0 Å². The molecule has 4 N–H and O–H groups in total. The van der Waals surface area contributed by atoms with Crippen LogP contribution < -0.4 is 16.4 Å². The Morgan fingerprint density at radius 3 is 2.58 bits per heavy atom. The fourth-order valence-electron chi connectivity index (χ4n) is 0.977. The lowest BCUT2D eigenvalue weighted by molar-refractivity contribution is 0.236. The van der Waals surface area contributed by atoms with Crippen molar-refractivity contribution in [2.45, 2.75) is 32.7 Å². The highest BCUT2D eigenvalue weighted by Crippen LogP contribution is 1.94. The van der Waals surface area contributed by atoms with Crippen molar-refractivity contribution >= 4 is 6.03 Å². The van der Waals surface area contributed by atoms with E-state index in [1.807, 2.05) is 13.8 Å². The Morgan fingerprint density at radius 1 is 1.50 bits per heavy atom. The summed E-state index contributed by atoms with van der Waals surface area (Å²) >= 11 is 0. The van der Waals surface area contributed by atoms with Crippen LogP contribution in [-0.2, 0) is 0 Å². The predicted molar refractivity (Wildman–Crippen MR) is 50.0 cm³/mol. The minimum Gasteiger partial charge on any atom is -0.338 e. The van der Waals surface area contributed by atoms with Crippen LogP contribution >= 0.6 is 0 Å². The van der Waals surface area contributed by atoms with Crippen molar-refractivity contribution in [1.82, 2.24) is 10.6 Å². The zero-order valence-corrected chi connectivity index (χ0v) is 7.89. The van der Waals surface area contributed by atoms with Crippen molar-refractivity contribution in [2.24, 2.45) is 5.73 Å². The van der Waals surface area contributed by atoms with E-state index in [9.17, 15) is 4.79 Å². The molecule has 0 spiro atoms. The zero-order chi connectivity index (χ0) is 9.40. The molecule has 0 aromatic carbocycles. The fourth-order valence-corrected chi connectivity index (χ4v) is 0.977. The molecule has 0 fully saturated rings. The first-order valence-electron chi connectivity index (χ1n) is 4.49. The van der Waals surface area contributed by atoms with Gasteiger partial charge >= 0.3 is 6.03 Å². The molecule has 0 radical (unpaired) electrons. The Bertz CT molecular complexity index is 127. The molecule has 0 bridgehead atoms. The second kappa shape index (κ2) is 6.91. The lowest BCUT2D eigenvalue weighted by Gasteiger charge is -2.15. The highest BCUT2D eigenvalue weighted by atomic mass is 16.2. The van der Waals surface area contributed by atoms with Crippen LogP contribution in [0.1, 0.15) is 26.7 Å². The van der Waals surface area contributed by atoms with E-state index in [4.69, 9.17) is 5.73 Å². The van der Waals surface area contributed by atoms with Crippen LogP contribution in [0.25, 0.3) is 0 Å².